The van der Waals surface area contributed by atoms with Gasteiger partial charge in [-0.3, -0.25) is 9.69 Å². The van der Waals surface area contributed by atoms with E-state index < -0.39 is 0 Å². The van der Waals surface area contributed by atoms with Gasteiger partial charge in [0, 0.05) is 39.3 Å². The lowest BCUT2D eigenvalue weighted by molar-refractivity contribution is -0.131. The Hall–Kier alpha value is -0.650. The Kier molecular flexibility index (Phi) is 4.76. The van der Waals surface area contributed by atoms with Crippen LogP contribution in [0.15, 0.2) is 0 Å². The molecule has 5 nitrogen and oxygen atoms in total. The third kappa shape index (κ3) is 3.63. The predicted molar refractivity (Wildman–Crippen MR) is 86.8 cm³/mol. The molecule has 22 heavy (non-hydrogen) atoms. The van der Waals surface area contributed by atoms with Crippen LogP contribution >= 0.6 is 0 Å². The average Bonchev–Trinajstić information content (AvgIpc) is 3.14. The molecule has 2 aliphatic heterocycles. The lowest BCUT2D eigenvalue weighted by Gasteiger charge is -2.38. The van der Waals surface area contributed by atoms with Crippen molar-refractivity contribution in [1.82, 2.24) is 15.1 Å². The number of likely N-dealkylation sites (N-methyl/N-ethyl adjacent to an activating group) is 1. The highest BCUT2D eigenvalue weighted by molar-refractivity contribution is 5.77. The molecule has 3 atom stereocenters. The number of likely N-dealkylation sites (tertiary alicyclic amines) is 1. The fourth-order valence-corrected chi connectivity index (χ4v) is 3.96. The summed E-state index contributed by atoms with van der Waals surface area (Å²) in [5.74, 6) is 1.10. The van der Waals surface area contributed by atoms with E-state index >= 15 is 0 Å². The van der Waals surface area contributed by atoms with Crippen LogP contribution in [-0.4, -0.2) is 73.7 Å². The van der Waals surface area contributed by atoms with Crippen LogP contribution in [0.4, 0.5) is 0 Å². The molecule has 2 saturated heterocycles. The average molecular weight is 309 g/mol. The van der Waals surface area contributed by atoms with Crippen LogP contribution in [0.25, 0.3) is 0 Å². The van der Waals surface area contributed by atoms with Crippen LogP contribution in [0.1, 0.15) is 39.0 Å². The molecule has 0 radical (unpaired) electrons. The van der Waals surface area contributed by atoms with Crippen molar-refractivity contribution in [3.63, 3.8) is 0 Å². The van der Waals surface area contributed by atoms with E-state index in [9.17, 15) is 4.79 Å². The highest BCUT2D eigenvalue weighted by Crippen LogP contribution is 2.39. The summed E-state index contributed by atoms with van der Waals surface area (Å²) in [6.07, 6.45) is 5.92. The van der Waals surface area contributed by atoms with Crippen molar-refractivity contribution in [2.75, 3.05) is 40.3 Å². The summed E-state index contributed by atoms with van der Waals surface area (Å²) in [4.78, 5) is 15.8. The fraction of sp³-hybridized carbons (Fsp3) is 0.941. The van der Waals surface area contributed by atoms with Crippen LogP contribution in [0.5, 0.6) is 0 Å². The summed E-state index contributed by atoms with van der Waals surface area (Å²) < 4.78 is 6.21. The molecule has 0 bridgehead atoms. The third-order valence-electron chi connectivity index (χ3n) is 5.73. The molecule has 0 aromatic rings. The monoisotopic (exact) mass is 309 g/mol. The molecule has 1 aliphatic carbocycles. The predicted octanol–water partition coefficient (Wildman–Crippen LogP) is 1.09. The molecule has 2 heterocycles. The van der Waals surface area contributed by atoms with Gasteiger partial charge in [-0.2, -0.15) is 0 Å². The molecule has 126 valence electrons. The van der Waals surface area contributed by atoms with Gasteiger partial charge in [-0.15, -0.1) is 0 Å². The van der Waals surface area contributed by atoms with Gasteiger partial charge in [0.15, 0.2) is 0 Å². The summed E-state index contributed by atoms with van der Waals surface area (Å²) in [5.41, 5.74) is 0.0753. The van der Waals surface area contributed by atoms with E-state index in [1.54, 1.807) is 4.90 Å². The van der Waals surface area contributed by atoms with Crippen LogP contribution < -0.4 is 5.32 Å². The number of nitrogens with one attached hydrogen (secondary N) is 1. The summed E-state index contributed by atoms with van der Waals surface area (Å²) in [6, 6.07) is 1.28. The van der Waals surface area contributed by atoms with E-state index in [0.29, 0.717) is 12.6 Å². The van der Waals surface area contributed by atoms with Gasteiger partial charge in [0.2, 0.25) is 5.91 Å². The Balaban J connectivity index is 1.42. The van der Waals surface area contributed by atoms with Crippen LogP contribution in [0.3, 0.4) is 0 Å². The van der Waals surface area contributed by atoms with Crippen LogP contribution in [0.2, 0.25) is 0 Å². The first kappa shape index (κ1) is 16.2. The molecule has 1 unspecified atom stereocenters. The number of hydrogen-bond acceptors (Lipinski definition) is 4. The molecule has 1 spiro atoms. The van der Waals surface area contributed by atoms with E-state index in [1.165, 1.54) is 12.8 Å². The van der Waals surface area contributed by atoms with Gasteiger partial charge in [-0.1, -0.05) is 13.3 Å². The summed E-state index contributed by atoms with van der Waals surface area (Å²) in [7, 11) is 3.65. The second-order valence-corrected chi connectivity index (χ2v) is 7.64. The molecule has 0 aromatic carbocycles. The van der Waals surface area contributed by atoms with Gasteiger partial charge < -0.3 is 15.0 Å². The summed E-state index contributed by atoms with van der Waals surface area (Å²) in [6.45, 7) is 5.65. The van der Waals surface area contributed by atoms with Gasteiger partial charge in [0.1, 0.15) is 0 Å². The van der Waals surface area contributed by atoms with Gasteiger partial charge in [-0.25, -0.2) is 0 Å². The van der Waals surface area contributed by atoms with Crippen molar-refractivity contribution >= 4 is 5.91 Å². The van der Waals surface area contributed by atoms with Crippen molar-refractivity contribution in [1.29, 1.82) is 0 Å². The van der Waals surface area contributed by atoms with Crippen molar-refractivity contribution in [3.05, 3.63) is 0 Å². The number of piperidine rings is 1. The van der Waals surface area contributed by atoms with E-state index in [4.69, 9.17) is 4.74 Å². The number of rotatable bonds is 5. The molecule has 3 fully saturated rings. The molecule has 3 rings (SSSR count). The second kappa shape index (κ2) is 6.46. The first-order valence-electron chi connectivity index (χ1n) is 8.84. The van der Waals surface area contributed by atoms with E-state index in [2.05, 4.69) is 17.1 Å². The standard InChI is InChI=1S/C17H31N3O2/c1-4-13-9-15(13)18-14-10-17(22-12-14)5-7-20(8-6-17)11-16(21)19(2)3/h13-15,18H,4-12H2,1-3H3/t13-,14?,15-/m1/s1. The van der Waals surface area contributed by atoms with Gasteiger partial charge in [0.05, 0.1) is 18.8 Å². The maximum Gasteiger partial charge on any atom is 0.236 e. The van der Waals surface area contributed by atoms with E-state index in [-0.39, 0.29) is 11.5 Å². The third-order valence-corrected chi connectivity index (χ3v) is 5.73. The van der Waals surface area contributed by atoms with Crippen LogP contribution in [-0.2, 0) is 9.53 Å². The zero-order valence-corrected chi connectivity index (χ0v) is 14.3. The van der Waals surface area contributed by atoms with Crippen molar-refractivity contribution in [2.45, 2.75) is 56.7 Å². The Labute approximate surface area is 134 Å². The summed E-state index contributed by atoms with van der Waals surface area (Å²) in [5, 5.41) is 3.78. The molecule has 1 amide bonds. The van der Waals surface area contributed by atoms with Gasteiger partial charge in [-0.05, 0) is 31.6 Å². The van der Waals surface area contributed by atoms with Crippen molar-refractivity contribution in [3.8, 4) is 0 Å². The number of carbonyl (C=O) groups is 1. The Morgan fingerprint density at radius 3 is 2.68 bits per heavy atom. The Morgan fingerprint density at radius 2 is 2.09 bits per heavy atom. The van der Waals surface area contributed by atoms with Crippen molar-refractivity contribution in [2.24, 2.45) is 5.92 Å². The van der Waals surface area contributed by atoms with E-state index in [0.717, 1.165) is 50.9 Å². The summed E-state index contributed by atoms with van der Waals surface area (Å²) >= 11 is 0. The highest BCUT2D eigenvalue weighted by atomic mass is 16.5. The molecular formula is C17H31N3O2. The Bertz CT molecular complexity index is 405. The van der Waals surface area contributed by atoms with Crippen LogP contribution in [0, 0.1) is 5.92 Å². The first-order valence-corrected chi connectivity index (χ1v) is 8.84. The highest BCUT2D eigenvalue weighted by Gasteiger charge is 2.45. The molecule has 3 aliphatic rings. The number of hydrogen-bond donors (Lipinski definition) is 1. The SMILES string of the molecule is CC[C@@H]1C[C@H]1NC1COC2(CCN(CC(=O)N(C)C)CC2)C1. The zero-order chi connectivity index (χ0) is 15.7. The molecular weight excluding hydrogens is 278 g/mol. The van der Waals surface area contributed by atoms with Crippen molar-refractivity contribution < 1.29 is 9.53 Å². The maximum atomic E-state index is 11.8. The molecule has 1 N–H and O–H groups in total. The quantitative estimate of drug-likeness (QED) is 0.826. The maximum absolute atomic E-state index is 11.8. The minimum absolute atomic E-state index is 0.0753. The number of nitrogens with zero attached hydrogens (tertiary/aromatic N) is 2. The second-order valence-electron chi connectivity index (χ2n) is 7.64. The normalized spacial score (nSPS) is 34.0. The van der Waals surface area contributed by atoms with E-state index in [1.807, 2.05) is 14.1 Å². The fourth-order valence-electron chi connectivity index (χ4n) is 3.96. The number of amides is 1. The number of ether oxygens (including phenoxy) is 1. The smallest absolute Gasteiger partial charge is 0.236 e. The lowest BCUT2D eigenvalue weighted by Crippen LogP contribution is -2.47. The minimum Gasteiger partial charge on any atom is -0.373 e. The largest absolute Gasteiger partial charge is 0.373 e. The topological polar surface area (TPSA) is 44.8 Å². The zero-order valence-electron chi connectivity index (χ0n) is 14.3. The first-order chi connectivity index (χ1) is 10.5. The molecule has 0 aromatic heterocycles. The van der Waals surface area contributed by atoms with Gasteiger partial charge in [0.25, 0.3) is 0 Å². The lowest BCUT2D eigenvalue weighted by atomic mass is 9.87. The van der Waals surface area contributed by atoms with Gasteiger partial charge >= 0.3 is 0 Å². The molecule has 5 heteroatoms. The Morgan fingerprint density at radius 1 is 1.36 bits per heavy atom. The number of carbonyl (C=O) groups excluding carboxylic acids is 1. The molecule has 1 saturated carbocycles. The minimum atomic E-state index is 0.0753.